The lowest BCUT2D eigenvalue weighted by Crippen LogP contribution is -2.08. The van der Waals surface area contributed by atoms with Crippen LogP contribution in [0.3, 0.4) is 0 Å². The molecule has 0 amide bonds. The fourth-order valence-corrected chi connectivity index (χ4v) is 3.80. The molecule has 7 heteroatoms. The minimum atomic E-state index is 0.559. The summed E-state index contributed by atoms with van der Waals surface area (Å²) in [5, 5.41) is 10.7. The van der Waals surface area contributed by atoms with Crippen LogP contribution in [0.4, 0.5) is 5.69 Å². The Kier molecular flexibility index (Phi) is 6.47. The van der Waals surface area contributed by atoms with E-state index in [0.717, 1.165) is 33.5 Å². The van der Waals surface area contributed by atoms with Crippen molar-refractivity contribution in [3.8, 4) is 11.4 Å². The molecule has 0 spiro atoms. The second-order valence-corrected chi connectivity index (χ2v) is 7.94. The molecule has 0 bridgehead atoms. The van der Waals surface area contributed by atoms with Gasteiger partial charge in [0.15, 0.2) is 11.0 Å². The van der Waals surface area contributed by atoms with Gasteiger partial charge in [0.25, 0.3) is 0 Å². The number of allylic oxidation sites excluding steroid dienone is 1. The minimum Gasteiger partial charge on any atom is -0.378 e. The molecule has 3 rings (SSSR count). The van der Waals surface area contributed by atoms with E-state index < -0.39 is 0 Å². The summed E-state index contributed by atoms with van der Waals surface area (Å²) in [5.74, 6) is 1.56. The van der Waals surface area contributed by atoms with E-state index in [1.165, 1.54) is 0 Å². The number of hydrogen-bond acceptors (Lipinski definition) is 4. The van der Waals surface area contributed by atoms with Crippen LogP contribution in [0.25, 0.3) is 11.4 Å². The van der Waals surface area contributed by atoms with E-state index in [0.29, 0.717) is 16.6 Å². The van der Waals surface area contributed by atoms with Crippen molar-refractivity contribution in [2.45, 2.75) is 17.5 Å². The first-order chi connectivity index (χ1) is 13.0. The Morgan fingerprint density at radius 2 is 1.81 bits per heavy atom. The van der Waals surface area contributed by atoms with Crippen molar-refractivity contribution >= 4 is 40.7 Å². The SMILES string of the molecule is C=CCn1c(SCc2ccc(Cl)c(Cl)c2)nnc1-c1ccc(N(C)C)cc1. The summed E-state index contributed by atoms with van der Waals surface area (Å²) < 4.78 is 2.07. The first kappa shape index (κ1) is 19.8. The average Bonchev–Trinajstić information content (AvgIpc) is 3.06. The maximum atomic E-state index is 6.10. The third-order valence-electron chi connectivity index (χ3n) is 4.02. The molecule has 0 saturated carbocycles. The maximum absolute atomic E-state index is 6.10. The molecule has 4 nitrogen and oxygen atoms in total. The predicted molar refractivity (Wildman–Crippen MR) is 116 cm³/mol. The van der Waals surface area contributed by atoms with Gasteiger partial charge in [-0.2, -0.15) is 0 Å². The van der Waals surface area contributed by atoms with Gasteiger partial charge in [-0.1, -0.05) is 47.1 Å². The van der Waals surface area contributed by atoms with Crippen molar-refractivity contribution in [2.24, 2.45) is 0 Å². The minimum absolute atomic E-state index is 0.559. The second-order valence-electron chi connectivity index (χ2n) is 6.18. The van der Waals surface area contributed by atoms with E-state index in [-0.39, 0.29) is 0 Å². The number of hydrogen-bond donors (Lipinski definition) is 0. The Balaban J connectivity index is 1.84. The summed E-state index contributed by atoms with van der Waals surface area (Å²) in [5.41, 5.74) is 3.25. The van der Waals surface area contributed by atoms with Crippen molar-refractivity contribution in [3.05, 3.63) is 70.7 Å². The molecule has 0 N–H and O–H groups in total. The summed E-state index contributed by atoms with van der Waals surface area (Å²) >= 11 is 13.7. The molecule has 2 aromatic carbocycles. The molecule has 140 valence electrons. The molecule has 3 aromatic rings. The maximum Gasteiger partial charge on any atom is 0.192 e. The highest BCUT2D eigenvalue weighted by Crippen LogP contribution is 2.29. The molecule has 27 heavy (non-hydrogen) atoms. The molecular weight excluding hydrogens is 399 g/mol. The van der Waals surface area contributed by atoms with Gasteiger partial charge in [-0.05, 0) is 42.0 Å². The third-order valence-corrected chi connectivity index (χ3v) is 5.80. The Morgan fingerprint density at radius 1 is 1.07 bits per heavy atom. The molecule has 0 radical (unpaired) electrons. The second kappa shape index (κ2) is 8.83. The fraction of sp³-hybridized carbons (Fsp3) is 0.200. The zero-order valence-electron chi connectivity index (χ0n) is 15.2. The van der Waals surface area contributed by atoms with Crippen LogP contribution >= 0.6 is 35.0 Å². The van der Waals surface area contributed by atoms with Gasteiger partial charge in [-0.25, -0.2) is 0 Å². The average molecular weight is 419 g/mol. The largest absolute Gasteiger partial charge is 0.378 e. The molecule has 0 aliphatic rings. The van der Waals surface area contributed by atoms with Crippen LogP contribution < -0.4 is 4.90 Å². The van der Waals surface area contributed by atoms with Gasteiger partial charge in [0, 0.05) is 37.6 Å². The first-order valence-electron chi connectivity index (χ1n) is 8.38. The number of halogens is 2. The number of thioether (sulfide) groups is 1. The van der Waals surface area contributed by atoms with Crippen LogP contribution in [-0.2, 0) is 12.3 Å². The lowest BCUT2D eigenvalue weighted by molar-refractivity contribution is 0.731. The number of benzene rings is 2. The fourth-order valence-electron chi connectivity index (χ4n) is 2.59. The van der Waals surface area contributed by atoms with Crippen molar-refractivity contribution < 1.29 is 0 Å². The Labute approximate surface area is 173 Å². The van der Waals surface area contributed by atoms with Gasteiger partial charge in [0.2, 0.25) is 0 Å². The molecule has 0 unspecified atom stereocenters. The number of rotatable bonds is 7. The lowest BCUT2D eigenvalue weighted by atomic mass is 10.2. The molecular formula is C20H20Cl2N4S. The third kappa shape index (κ3) is 4.67. The predicted octanol–water partition coefficient (Wildman–Crippen LogP) is 5.80. The monoisotopic (exact) mass is 418 g/mol. The van der Waals surface area contributed by atoms with Gasteiger partial charge < -0.3 is 4.90 Å². The van der Waals surface area contributed by atoms with Crippen LogP contribution in [0.2, 0.25) is 10.0 Å². The van der Waals surface area contributed by atoms with Crippen molar-refractivity contribution in [2.75, 3.05) is 19.0 Å². The van der Waals surface area contributed by atoms with Crippen molar-refractivity contribution in [1.29, 1.82) is 0 Å². The smallest absolute Gasteiger partial charge is 0.192 e. The van der Waals surface area contributed by atoms with E-state index in [9.17, 15) is 0 Å². The topological polar surface area (TPSA) is 34.0 Å². The molecule has 0 aliphatic heterocycles. The Hall–Kier alpha value is -1.95. The highest BCUT2D eigenvalue weighted by atomic mass is 35.5. The molecule has 0 atom stereocenters. The van der Waals surface area contributed by atoms with Crippen LogP contribution in [-0.4, -0.2) is 28.9 Å². The molecule has 0 aliphatic carbocycles. The zero-order chi connectivity index (χ0) is 19.4. The van der Waals surface area contributed by atoms with E-state index in [1.807, 2.05) is 38.4 Å². The van der Waals surface area contributed by atoms with Crippen LogP contribution in [0, 0.1) is 0 Å². The zero-order valence-corrected chi connectivity index (χ0v) is 17.5. The van der Waals surface area contributed by atoms with Crippen molar-refractivity contribution in [1.82, 2.24) is 14.8 Å². The molecule has 1 heterocycles. The van der Waals surface area contributed by atoms with E-state index in [4.69, 9.17) is 23.2 Å². The highest BCUT2D eigenvalue weighted by molar-refractivity contribution is 7.98. The highest BCUT2D eigenvalue weighted by Gasteiger charge is 2.14. The summed E-state index contributed by atoms with van der Waals surface area (Å²) in [7, 11) is 4.04. The van der Waals surface area contributed by atoms with Crippen molar-refractivity contribution in [3.63, 3.8) is 0 Å². The number of anilines is 1. The van der Waals surface area contributed by atoms with Gasteiger partial charge in [-0.3, -0.25) is 4.57 Å². The number of nitrogens with zero attached hydrogens (tertiary/aromatic N) is 4. The Morgan fingerprint density at radius 3 is 2.44 bits per heavy atom. The van der Waals surface area contributed by atoms with E-state index in [1.54, 1.807) is 11.8 Å². The summed E-state index contributed by atoms with van der Waals surface area (Å²) in [6.45, 7) is 4.50. The van der Waals surface area contributed by atoms with Gasteiger partial charge in [0.1, 0.15) is 0 Å². The Bertz CT molecular complexity index is 936. The first-order valence-corrected chi connectivity index (χ1v) is 10.1. The molecule has 0 saturated heterocycles. The van der Waals surface area contributed by atoms with Crippen LogP contribution in [0.1, 0.15) is 5.56 Å². The van der Waals surface area contributed by atoms with Gasteiger partial charge >= 0.3 is 0 Å². The van der Waals surface area contributed by atoms with Crippen LogP contribution in [0.15, 0.2) is 60.3 Å². The lowest BCUT2D eigenvalue weighted by Gasteiger charge is -2.13. The van der Waals surface area contributed by atoms with E-state index in [2.05, 4.69) is 50.5 Å². The van der Waals surface area contributed by atoms with Gasteiger partial charge in [0.05, 0.1) is 10.0 Å². The quantitative estimate of drug-likeness (QED) is 0.358. The van der Waals surface area contributed by atoms with E-state index >= 15 is 0 Å². The summed E-state index contributed by atoms with van der Waals surface area (Å²) in [6, 6.07) is 13.9. The number of aromatic nitrogens is 3. The van der Waals surface area contributed by atoms with Crippen LogP contribution in [0.5, 0.6) is 0 Å². The van der Waals surface area contributed by atoms with Gasteiger partial charge in [-0.15, -0.1) is 16.8 Å². The normalized spacial score (nSPS) is 10.8. The summed E-state index contributed by atoms with van der Waals surface area (Å²) in [6.07, 6.45) is 1.85. The summed E-state index contributed by atoms with van der Waals surface area (Å²) in [4.78, 5) is 2.07. The molecule has 0 fully saturated rings. The molecule has 1 aromatic heterocycles. The standard InChI is InChI=1S/C20H20Cl2N4S/c1-4-11-26-19(15-6-8-16(9-7-15)25(2)3)23-24-20(26)27-13-14-5-10-17(21)18(22)12-14/h4-10,12H,1,11,13H2,2-3H3.